The molecule has 1 aromatic heterocycles. The van der Waals surface area contributed by atoms with Crippen LogP contribution >= 0.6 is 0 Å². The molecule has 1 aromatic rings. The van der Waals surface area contributed by atoms with Crippen molar-refractivity contribution < 1.29 is 19.0 Å². The third kappa shape index (κ3) is 1.71. The Kier molecular flexibility index (Phi) is 2.58. The first kappa shape index (κ1) is 12.1. The molecule has 0 spiro atoms. The van der Waals surface area contributed by atoms with Crippen LogP contribution in [0.4, 0.5) is 10.2 Å². The van der Waals surface area contributed by atoms with E-state index in [9.17, 15) is 14.3 Å². The molecule has 1 saturated heterocycles. The highest BCUT2D eigenvalue weighted by molar-refractivity contribution is 5.26. The minimum Gasteiger partial charge on any atom is -0.495 e. The van der Waals surface area contributed by atoms with Gasteiger partial charge in [-0.2, -0.15) is 4.98 Å². The highest BCUT2D eigenvalue weighted by atomic mass is 19.1. The third-order valence-electron chi connectivity index (χ3n) is 3.40. The Bertz CT molecular complexity index is 602. The molecule has 0 radical (unpaired) electrons. The molecule has 2 aliphatic heterocycles. The number of ether oxygens (including phenoxy) is 2. The lowest BCUT2D eigenvalue weighted by atomic mass is 10.00. The summed E-state index contributed by atoms with van der Waals surface area (Å²) < 4.78 is 25.3. The van der Waals surface area contributed by atoms with Crippen molar-refractivity contribution in [2.45, 2.75) is 24.4 Å². The molecule has 102 valence electrons. The average molecular weight is 269 g/mol. The maximum atomic E-state index is 13.4. The molecule has 2 aliphatic rings. The molecule has 0 amide bonds. The van der Waals surface area contributed by atoms with E-state index in [2.05, 4.69) is 4.98 Å². The molecule has 0 saturated carbocycles. The lowest BCUT2D eigenvalue weighted by molar-refractivity contribution is -0.0872. The second-order valence-electron chi connectivity index (χ2n) is 4.51. The summed E-state index contributed by atoms with van der Waals surface area (Å²) in [5, 5.41) is 9.41. The van der Waals surface area contributed by atoms with Crippen LogP contribution in [0.15, 0.2) is 23.3 Å². The van der Waals surface area contributed by atoms with Gasteiger partial charge >= 0.3 is 5.69 Å². The van der Waals surface area contributed by atoms with Crippen molar-refractivity contribution in [2.75, 3.05) is 12.3 Å². The summed E-state index contributed by atoms with van der Waals surface area (Å²) in [5.74, 6) is -1.25. The van der Waals surface area contributed by atoms with Crippen LogP contribution in [0.2, 0.25) is 0 Å². The maximum Gasteiger partial charge on any atom is 0.351 e. The topological polar surface area (TPSA) is 99.6 Å². The van der Waals surface area contributed by atoms with Gasteiger partial charge in [0.2, 0.25) is 0 Å². The normalized spacial score (nSPS) is 32.3. The number of aliphatic hydroxyl groups is 1. The van der Waals surface area contributed by atoms with Crippen molar-refractivity contribution in [1.82, 2.24) is 9.55 Å². The number of hydrogen-bond donors (Lipinski definition) is 2. The van der Waals surface area contributed by atoms with Gasteiger partial charge in [0, 0.05) is 6.42 Å². The number of fused-ring (bicyclic) bond motifs is 1. The lowest BCUT2D eigenvalue weighted by Crippen LogP contribution is -2.39. The molecule has 7 nitrogen and oxygen atoms in total. The number of anilines is 1. The van der Waals surface area contributed by atoms with Crippen LogP contribution in [0.1, 0.15) is 12.6 Å². The van der Waals surface area contributed by atoms with Gasteiger partial charge in [0.15, 0.2) is 17.2 Å². The van der Waals surface area contributed by atoms with E-state index in [1.54, 1.807) is 6.08 Å². The first-order valence-corrected chi connectivity index (χ1v) is 5.72. The fourth-order valence-electron chi connectivity index (χ4n) is 2.35. The highest BCUT2D eigenvalue weighted by Gasteiger charge is 2.51. The summed E-state index contributed by atoms with van der Waals surface area (Å²) in [6.07, 6.45) is 3.13. The number of hydrogen-bond acceptors (Lipinski definition) is 6. The van der Waals surface area contributed by atoms with Crippen LogP contribution in [0.3, 0.4) is 0 Å². The summed E-state index contributed by atoms with van der Waals surface area (Å²) >= 11 is 0. The lowest BCUT2D eigenvalue weighted by Gasteiger charge is -2.23. The van der Waals surface area contributed by atoms with Crippen LogP contribution in [0, 0.1) is 5.82 Å². The van der Waals surface area contributed by atoms with Gasteiger partial charge in [0.25, 0.3) is 0 Å². The summed E-state index contributed by atoms with van der Waals surface area (Å²) in [5.41, 5.74) is 3.52. The van der Waals surface area contributed by atoms with Crippen molar-refractivity contribution in [3.8, 4) is 0 Å². The SMILES string of the molecule is Nc1nc(=O)n([C@H]2C[C@@H]3OC=C[C@]3(CO)O2)cc1F. The van der Waals surface area contributed by atoms with Gasteiger partial charge in [-0.15, -0.1) is 0 Å². The summed E-state index contributed by atoms with van der Waals surface area (Å²) in [7, 11) is 0. The predicted molar refractivity (Wildman–Crippen MR) is 61.4 cm³/mol. The summed E-state index contributed by atoms with van der Waals surface area (Å²) in [6.45, 7) is -0.287. The van der Waals surface area contributed by atoms with E-state index < -0.39 is 35.3 Å². The van der Waals surface area contributed by atoms with E-state index in [4.69, 9.17) is 15.2 Å². The van der Waals surface area contributed by atoms with E-state index in [-0.39, 0.29) is 6.61 Å². The second-order valence-corrected chi connectivity index (χ2v) is 4.51. The number of nitrogens with zero attached hydrogens (tertiary/aromatic N) is 2. The van der Waals surface area contributed by atoms with Crippen molar-refractivity contribution in [2.24, 2.45) is 0 Å². The number of aromatic nitrogens is 2. The van der Waals surface area contributed by atoms with E-state index in [1.807, 2.05) is 0 Å². The second kappa shape index (κ2) is 4.04. The minimum absolute atomic E-state index is 0.287. The molecule has 3 rings (SSSR count). The van der Waals surface area contributed by atoms with Gasteiger partial charge in [0.1, 0.15) is 12.3 Å². The first-order chi connectivity index (χ1) is 9.05. The molecule has 0 aliphatic carbocycles. The van der Waals surface area contributed by atoms with Gasteiger partial charge < -0.3 is 20.3 Å². The Morgan fingerprint density at radius 1 is 1.68 bits per heavy atom. The third-order valence-corrected chi connectivity index (χ3v) is 3.40. The van der Waals surface area contributed by atoms with E-state index >= 15 is 0 Å². The van der Waals surface area contributed by atoms with E-state index in [0.717, 1.165) is 10.8 Å². The smallest absolute Gasteiger partial charge is 0.351 e. The number of nitrogen functional groups attached to an aromatic ring is 1. The molecule has 1 fully saturated rings. The number of rotatable bonds is 2. The molecule has 19 heavy (non-hydrogen) atoms. The summed E-state index contributed by atoms with van der Waals surface area (Å²) in [4.78, 5) is 15.1. The number of nitrogens with two attached hydrogens (primary N) is 1. The molecule has 0 unspecified atom stereocenters. The largest absolute Gasteiger partial charge is 0.495 e. The van der Waals surface area contributed by atoms with Crippen LogP contribution in [-0.2, 0) is 9.47 Å². The molecular weight excluding hydrogens is 257 g/mol. The molecule has 3 heterocycles. The zero-order chi connectivity index (χ0) is 13.6. The van der Waals surface area contributed by atoms with Gasteiger partial charge in [-0.3, -0.25) is 4.57 Å². The molecule has 0 aromatic carbocycles. The van der Waals surface area contributed by atoms with E-state index in [1.165, 1.54) is 6.26 Å². The zero-order valence-corrected chi connectivity index (χ0v) is 9.82. The Balaban J connectivity index is 1.96. The molecule has 3 N–H and O–H groups in total. The van der Waals surface area contributed by atoms with Crippen LogP contribution in [-0.4, -0.2) is 33.0 Å². The standard InChI is InChI=1S/C11H12FN3O4/c12-6-4-15(10(17)14-9(6)13)8-3-7-11(5-16,19-8)1-2-18-7/h1-2,4,7-8,16H,3,5H2,(H2,13,14,17)/t7-,8+,11+/m0/s1. The number of aliphatic hydroxyl groups excluding tert-OH is 1. The van der Waals surface area contributed by atoms with Crippen molar-refractivity contribution >= 4 is 5.82 Å². The van der Waals surface area contributed by atoms with Gasteiger partial charge in [-0.1, -0.05) is 0 Å². The van der Waals surface area contributed by atoms with Crippen molar-refractivity contribution in [1.29, 1.82) is 0 Å². The fourth-order valence-corrected chi connectivity index (χ4v) is 2.35. The fraction of sp³-hybridized carbons (Fsp3) is 0.455. The van der Waals surface area contributed by atoms with Crippen LogP contribution in [0.25, 0.3) is 0 Å². The number of halogens is 1. The average Bonchev–Trinajstić information content (AvgIpc) is 2.90. The Labute approximate surface area is 107 Å². The van der Waals surface area contributed by atoms with Crippen LogP contribution in [0.5, 0.6) is 0 Å². The Morgan fingerprint density at radius 2 is 2.47 bits per heavy atom. The molecule has 0 bridgehead atoms. The van der Waals surface area contributed by atoms with E-state index in [0.29, 0.717) is 6.42 Å². The first-order valence-electron chi connectivity index (χ1n) is 5.72. The quantitative estimate of drug-likeness (QED) is 0.752. The molecule has 3 atom stereocenters. The van der Waals surface area contributed by atoms with Crippen LogP contribution < -0.4 is 11.4 Å². The Morgan fingerprint density at radius 3 is 3.16 bits per heavy atom. The highest BCUT2D eigenvalue weighted by Crippen LogP contribution is 2.42. The van der Waals surface area contributed by atoms with Gasteiger partial charge in [-0.25, -0.2) is 9.18 Å². The van der Waals surface area contributed by atoms with Gasteiger partial charge in [0.05, 0.1) is 19.1 Å². The van der Waals surface area contributed by atoms with Gasteiger partial charge in [-0.05, 0) is 6.08 Å². The summed E-state index contributed by atoms with van der Waals surface area (Å²) in [6, 6.07) is 0. The zero-order valence-electron chi connectivity index (χ0n) is 9.82. The molecule has 8 heteroatoms. The minimum atomic E-state index is -0.984. The van der Waals surface area contributed by atoms with Crippen molar-refractivity contribution in [3.63, 3.8) is 0 Å². The predicted octanol–water partition coefficient (Wildman–Crippen LogP) is -0.473. The Hall–Kier alpha value is -1.93. The maximum absolute atomic E-state index is 13.4. The monoisotopic (exact) mass is 269 g/mol. The molecular formula is C11H12FN3O4. The van der Waals surface area contributed by atoms with Crippen molar-refractivity contribution in [3.05, 3.63) is 34.8 Å².